The van der Waals surface area contributed by atoms with E-state index in [0.29, 0.717) is 5.69 Å². The number of hydrogen-bond acceptors (Lipinski definition) is 4. The van der Waals surface area contributed by atoms with Crippen molar-refractivity contribution in [3.8, 4) is 5.75 Å². The highest BCUT2D eigenvalue weighted by atomic mass is 19.1. The summed E-state index contributed by atoms with van der Waals surface area (Å²) in [5.74, 6) is -1.87. The normalized spacial score (nSPS) is 16.0. The molecular weight excluding hydrogens is 400 g/mol. The van der Waals surface area contributed by atoms with Crippen molar-refractivity contribution >= 4 is 17.3 Å². The van der Waals surface area contributed by atoms with Crippen molar-refractivity contribution in [3.63, 3.8) is 0 Å². The Morgan fingerprint density at radius 2 is 1.87 bits per heavy atom. The summed E-state index contributed by atoms with van der Waals surface area (Å²) in [6.45, 7) is 2.01. The Morgan fingerprint density at radius 1 is 1.10 bits per heavy atom. The van der Waals surface area contributed by atoms with Crippen LogP contribution in [-0.4, -0.2) is 21.5 Å². The molecule has 1 saturated carbocycles. The minimum atomic E-state index is -0.938. The number of ether oxygens (including phenoxy) is 1. The molecule has 1 amide bonds. The van der Waals surface area contributed by atoms with Crippen molar-refractivity contribution in [2.75, 3.05) is 5.32 Å². The van der Waals surface area contributed by atoms with Gasteiger partial charge in [0.25, 0.3) is 5.91 Å². The van der Waals surface area contributed by atoms with Gasteiger partial charge in [-0.2, -0.15) is 0 Å². The lowest BCUT2D eigenvalue weighted by Gasteiger charge is -2.43. The molecule has 1 aliphatic carbocycles. The molecule has 3 aromatic rings. The van der Waals surface area contributed by atoms with Gasteiger partial charge in [-0.25, -0.2) is 13.8 Å². The zero-order chi connectivity index (χ0) is 21.6. The molecule has 5 nitrogen and oxygen atoms in total. The number of fused-ring (bicyclic) bond motifs is 1. The molecule has 5 rings (SSSR count). The topological polar surface area (TPSA) is 64.1 Å². The monoisotopic (exact) mass is 419 g/mol. The van der Waals surface area contributed by atoms with E-state index in [9.17, 15) is 13.6 Å². The molecule has 2 heterocycles. The van der Waals surface area contributed by atoms with E-state index in [1.54, 1.807) is 6.20 Å². The zero-order valence-corrected chi connectivity index (χ0v) is 16.8. The van der Waals surface area contributed by atoms with Crippen LogP contribution in [0.15, 0.2) is 54.9 Å². The second kappa shape index (κ2) is 7.27. The Bertz CT molecular complexity index is 1200. The third-order valence-electron chi connectivity index (χ3n) is 5.70. The van der Waals surface area contributed by atoms with E-state index < -0.39 is 23.1 Å². The number of rotatable bonds is 3. The molecule has 0 bridgehead atoms. The molecule has 2 aromatic carbocycles. The van der Waals surface area contributed by atoms with E-state index in [-0.39, 0.29) is 11.4 Å². The van der Waals surface area contributed by atoms with Gasteiger partial charge in [-0.15, -0.1) is 0 Å². The predicted molar refractivity (Wildman–Crippen MR) is 112 cm³/mol. The number of nitrogens with zero attached hydrogens (tertiary/aromatic N) is 2. The third kappa shape index (κ3) is 3.46. The molecule has 1 aromatic heterocycles. The summed E-state index contributed by atoms with van der Waals surface area (Å²) in [6, 6.07) is 9.29. The molecule has 31 heavy (non-hydrogen) atoms. The Morgan fingerprint density at radius 3 is 2.52 bits per heavy atom. The van der Waals surface area contributed by atoms with Crippen molar-refractivity contribution in [1.29, 1.82) is 0 Å². The van der Waals surface area contributed by atoms with Gasteiger partial charge in [0.15, 0.2) is 5.82 Å². The fraction of sp³-hybridized carbons (Fsp3) is 0.208. The maximum Gasteiger partial charge on any atom is 0.262 e. The minimum absolute atomic E-state index is 0.104. The Kier molecular flexibility index (Phi) is 4.54. The molecule has 2 aliphatic rings. The maximum atomic E-state index is 13.8. The highest BCUT2D eigenvalue weighted by Gasteiger charge is 2.41. The number of aryl methyl sites for hydroxylation is 1. The Balaban J connectivity index is 1.45. The summed E-state index contributed by atoms with van der Waals surface area (Å²) in [5.41, 5.74) is 2.64. The average Bonchev–Trinajstić information content (AvgIpc) is 2.72. The number of amides is 1. The van der Waals surface area contributed by atoms with Crippen LogP contribution < -0.4 is 10.1 Å². The fourth-order valence-corrected chi connectivity index (χ4v) is 3.94. The Hall–Kier alpha value is -3.61. The van der Waals surface area contributed by atoms with E-state index in [1.807, 2.05) is 25.1 Å². The van der Waals surface area contributed by atoms with Crippen molar-refractivity contribution in [3.05, 3.63) is 88.9 Å². The van der Waals surface area contributed by atoms with Gasteiger partial charge >= 0.3 is 0 Å². The van der Waals surface area contributed by atoms with E-state index in [2.05, 4.69) is 21.4 Å². The third-order valence-corrected chi connectivity index (χ3v) is 5.70. The summed E-state index contributed by atoms with van der Waals surface area (Å²) in [5, 5.41) is 2.40. The first kappa shape index (κ1) is 19.4. The van der Waals surface area contributed by atoms with Crippen molar-refractivity contribution in [2.24, 2.45) is 0 Å². The smallest absolute Gasteiger partial charge is 0.262 e. The first-order valence-corrected chi connectivity index (χ1v) is 10.0. The highest BCUT2D eigenvalue weighted by Crippen LogP contribution is 2.47. The summed E-state index contributed by atoms with van der Waals surface area (Å²) in [6.07, 6.45) is 8.02. The summed E-state index contributed by atoms with van der Waals surface area (Å²) < 4.78 is 33.9. The summed E-state index contributed by atoms with van der Waals surface area (Å²) in [4.78, 5) is 21.0. The number of nitrogens with one attached hydrogen (secondary N) is 1. The number of carbonyl (C=O) groups is 1. The number of halogens is 2. The molecule has 0 unspecified atom stereocenters. The van der Waals surface area contributed by atoms with Gasteiger partial charge in [-0.05, 0) is 56.5 Å². The van der Waals surface area contributed by atoms with Crippen molar-refractivity contribution < 1.29 is 18.3 Å². The second-order valence-corrected chi connectivity index (χ2v) is 7.92. The van der Waals surface area contributed by atoms with Gasteiger partial charge in [-0.1, -0.05) is 17.7 Å². The van der Waals surface area contributed by atoms with E-state index >= 15 is 0 Å². The van der Waals surface area contributed by atoms with Crippen LogP contribution in [0.2, 0.25) is 0 Å². The van der Waals surface area contributed by atoms with E-state index in [0.717, 1.165) is 53.8 Å². The number of carbonyl (C=O) groups excluding carboxylic acids is 1. The molecule has 1 fully saturated rings. The Labute approximate surface area is 177 Å². The van der Waals surface area contributed by atoms with Crippen LogP contribution in [0.4, 0.5) is 14.6 Å². The van der Waals surface area contributed by atoms with Gasteiger partial charge in [-0.3, -0.25) is 9.78 Å². The quantitative estimate of drug-likeness (QED) is 0.644. The second-order valence-electron chi connectivity index (χ2n) is 7.92. The number of benzene rings is 2. The first-order valence-electron chi connectivity index (χ1n) is 10.0. The first-order chi connectivity index (χ1) is 14.9. The molecule has 1 aliphatic heterocycles. The SMILES string of the molecule is Cc1ccc2c(c1)C(c1cnc(NC(=O)c3c(F)cccc3F)cn1)=CC1(CCC1)O2. The van der Waals surface area contributed by atoms with E-state index in [4.69, 9.17) is 4.74 Å². The van der Waals surface area contributed by atoms with Crippen LogP contribution in [0, 0.1) is 18.6 Å². The standard InChI is InChI=1S/C24H19F2N3O2/c1-14-6-7-20-15(10-14)16(11-24(31-20)8-3-9-24)19-12-28-21(13-27-19)29-23(30)22-17(25)4-2-5-18(22)26/h2,4-7,10-13H,3,8-9H2,1H3,(H,28,29,30). The van der Waals surface area contributed by atoms with Crippen LogP contribution in [0.1, 0.15) is 46.4 Å². The highest BCUT2D eigenvalue weighted by molar-refractivity contribution is 6.04. The fourth-order valence-electron chi connectivity index (χ4n) is 3.94. The van der Waals surface area contributed by atoms with Gasteiger partial charge < -0.3 is 10.1 Å². The average molecular weight is 419 g/mol. The van der Waals surface area contributed by atoms with Crippen molar-refractivity contribution in [1.82, 2.24) is 9.97 Å². The number of hydrogen-bond donors (Lipinski definition) is 1. The molecule has 7 heteroatoms. The van der Waals surface area contributed by atoms with Gasteiger partial charge in [0.2, 0.25) is 0 Å². The molecule has 1 N–H and O–H groups in total. The lowest BCUT2D eigenvalue weighted by atomic mass is 9.76. The predicted octanol–water partition coefficient (Wildman–Crippen LogP) is 5.06. The van der Waals surface area contributed by atoms with Crippen LogP contribution in [0.5, 0.6) is 5.75 Å². The molecule has 1 spiro atoms. The molecule has 0 atom stereocenters. The molecular formula is C24H19F2N3O2. The van der Waals surface area contributed by atoms with Crippen LogP contribution in [0.25, 0.3) is 5.57 Å². The van der Waals surface area contributed by atoms with Crippen LogP contribution in [-0.2, 0) is 0 Å². The van der Waals surface area contributed by atoms with Gasteiger partial charge in [0, 0.05) is 11.1 Å². The lowest BCUT2D eigenvalue weighted by Crippen LogP contribution is -2.43. The summed E-state index contributed by atoms with van der Waals surface area (Å²) in [7, 11) is 0. The molecule has 0 saturated heterocycles. The summed E-state index contributed by atoms with van der Waals surface area (Å²) >= 11 is 0. The van der Waals surface area contributed by atoms with E-state index in [1.165, 1.54) is 12.3 Å². The van der Waals surface area contributed by atoms with Crippen molar-refractivity contribution in [2.45, 2.75) is 31.8 Å². The molecule has 0 radical (unpaired) electrons. The number of anilines is 1. The number of aromatic nitrogens is 2. The largest absolute Gasteiger partial charge is 0.483 e. The zero-order valence-electron chi connectivity index (χ0n) is 16.8. The molecule has 156 valence electrons. The lowest BCUT2D eigenvalue weighted by molar-refractivity contribution is 0.0376. The van der Waals surface area contributed by atoms with Crippen LogP contribution >= 0.6 is 0 Å². The maximum absolute atomic E-state index is 13.8. The van der Waals surface area contributed by atoms with Gasteiger partial charge in [0.1, 0.15) is 28.5 Å². The minimum Gasteiger partial charge on any atom is -0.483 e. The van der Waals surface area contributed by atoms with Gasteiger partial charge in [0.05, 0.1) is 18.1 Å². The van der Waals surface area contributed by atoms with Crippen LogP contribution in [0.3, 0.4) is 0 Å².